The van der Waals surface area contributed by atoms with E-state index in [1.807, 2.05) is 32.1 Å². The Balaban J connectivity index is 1.91. The zero-order valence-corrected chi connectivity index (χ0v) is 22.0. The van der Waals surface area contributed by atoms with Gasteiger partial charge in [0.1, 0.15) is 10.6 Å². The minimum atomic E-state index is -4.17. The quantitative estimate of drug-likeness (QED) is 0.326. The number of nitrogens with zero attached hydrogens (tertiary/aromatic N) is 2. The fourth-order valence-corrected chi connectivity index (χ4v) is 6.25. The van der Waals surface area contributed by atoms with Crippen molar-refractivity contribution in [1.29, 1.82) is 0 Å². The number of carbonyl (C=O) groups is 1. The van der Waals surface area contributed by atoms with Crippen LogP contribution in [0.4, 0.5) is 5.69 Å². The number of ether oxygens (including phenoxy) is 1. The van der Waals surface area contributed by atoms with Crippen molar-refractivity contribution in [3.63, 3.8) is 0 Å². The summed E-state index contributed by atoms with van der Waals surface area (Å²) in [5.74, 6) is 4.73. The summed E-state index contributed by atoms with van der Waals surface area (Å²) >= 11 is 6.21. The molecule has 2 aromatic carbocycles. The number of aliphatic carboxylic acids is 1. The summed E-state index contributed by atoms with van der Waals surface area (Å²) in [5, 5.41) is 13.2. The highest BCUT2D eigenvalue weighted by Gasteiger charge is 2.32. The van der Waals surface area contributed by atoms with E-state index in [-0.39, 0.29) is 16.3 Å². The molecule has 0 spiro atoms. The van der Waals surface area contributed by atoms with E-state index in [0.717, 1.165) is 26.7 Å². The number of carboxylic acid groups (broad SMARTS) is 1. The zero-order valence-electron chi connectivity index (χ0n) is 20.4. The molecule has 0 fully saturated rings. The molecule has 0 heterocycles. The molecule has 1 atom stereocenters. The number of aryl methyl sites for hydroxylation is 1. The zero-order chi connectivity index (χ0) is 26.5. The predicted octanol–water partition coefficient (Wildman–Crippen LogP) is 5.07. The van der Waals surface area contributed by atoms with Gasteiger partial charge in [-0.1, -0.05) is 35.4 Å². The summed E-state index contributed by atoms with van der Waals surface area (Å²) in [6.45, 7) is 5.77. The highest BCUT2D eigenvalue weighted by Crippen LogP contribution is 2.34. The monoisotopic (exact) mass is 531 g/mol. The van der Waals surface area contributed by atoms with Gasteiger partial charge in [0.05, 0.1) is 35.5 Å². The molecule has 192 valence electrons. The standard InChI is InChI=1S/C26H30ClN3O5S/c1-17-12-22(16-23(13-17)35-11-10-20-8-9-21(29-28)14-18(20)2)30(19(3)15-26(31)32)36(33,34)25-7-5-4-6-24(25)27/h4-9,12-13,16,19H,10-11,14-15,28H2,1-3H3,(H,31,32). The Morgan fingerprint density at radius 1 is 1.22 bits per heavy atom. The highest BCUT2D eigenvalue weighted by atomic mass is 35.5. The van der Waals surface area contributed by atoms with Crippen molar-refractivity contribution in [2.24, 2.45) is 10.9 Å². The number of hydrogen-bond acceptors (Lipinski definition) is 6. The summed E-state index contributed by atoms with van der Waals surface area (Å²) in [5.41, 5.74) is 4.18. The van der Waals surface area contributed by atoms with Gasteiger partial charge in [-0.25, -0.2) is 8.42 Å². The number of sulfonamides is 1. The van der Waals surface area contributed by atoms with Gasteiger partial charge in [0.2, 0.25) is 0 Å². The number of nitrogens with two attached hydrogens (primary N) is 1. The molecule has 2 aromatic rings. The fourth-order valence-electron chi connectivity index (χ4n) is 4.11. The van der Waals surface area contributed by atoms with Crippen LogP contribution in [0.3, 0.4) is 0 Å². The summed E-state index contributed by atoms with van der Waals surface area (Å²) in [7, 11) is -4.17. The number of carboxylic acids is 1. The molecule has 1 aliphatic carbocycles. The van der Waals surface area contributed by atoms with Crippen molar-refractivity contribution in [2.75, 3.05) is 10.9 Å². The van der Waals surface area contributed by atoms with Gasteiger partial charge in [-0.2, -0.15) is 5.10 Å². The largest absolute Gasteiger partial charge is 0.493 e. The van der Waals surface area contributed by atoms with Crippen LogP contribution in [0.25, 0.3) is 0 Å². The molecule has 0 radical (unpaired) electrons. The van der Waals surface area contributed by atoms with E-state index >= 15 is 0 Å². The van der Waals surface area contributed by atoms with Crippen LogP contribution in [-0.2, 0) is 14.8 Å². The molecular weight excluding hydrogens is 502 g/mol. The average molecular weight is 532 g/mol. The average Bonchev–Trinajstić information content (AvgIpc) is 2.79. The Kier molecular flexibility index (Phi) is 8.81. The molecule has 3 rings (SSSR count). The van der Waals surface area contributed by atoms with Crippen LogP contribution >= 0.6 is 11.6 Å². The number of anilines is 1. The maximum absolute atomic E-state index is 13.7. The first-order valence-electron chi connectivity index (χ1n) is 11.4. The predicted molar refractivity (Wildman–Crippen MR) is 142 cm³/mol. The van der Waals surface area contributed by atoms with Crippen molar-refractivity contribution < 1.29 is 23.1 Å². The molecule has 10 heteroatoms. The van der Waals surface area contributed by atoms with Gasteiger partial charge < -0.3 is 15.7 Å². The molecule has 1 aliphatic rings. The Labute approximate surface area is 216 Å². The Morgan fingerprint density at radius 2 is 1.94 bits per heavy atom. The van der Waals surface area contributed by atoms with E-state index in [4.69, 9.17) is 22.2 Å². The molecule has 0 saturated carbocycles. The summed E-state index contributed by atoms with van der Waals surface area (Å²) in [4.78, 5) is 11.4. The van der Waals surface area contributed by atoms with Crippen molar-refractivity contribution in [3.8, 4) is 5.75 Å². The number of hydrazone groups is 1. The molecule has 0 aromatic heterocycles. The maximum Gasteiger partial charge on any atom is 0.305 e. The second-order valence-corrected chi connectivity index (χ2v) is 10.9. The van der Waals surface area contributed by atoms with Gasteiger partial charge >= 0.3 is 5.97 Å². The van der Waals surface area contributed by atoms with E-state index in [2.05, 4.69) is 5.10 Å². The molecule has 3 N–H and O–H groups in total. The minimum absolute atomic E-state index is 0.0566. The number of rotatable bonds is 10. The number of hydrogen-bond donors (Lipinski definition) is 2. The SMILES string of the molecule is CC1=C(CCOc2cc(C)cc(N(C(C)CC(=O)O)S(=O)(=O)c3ccccc3Cl)c2)C=CC(=NN)C1. The third-order valence-corrected chi connectivity index (χ3v) is 8.25. The van der Waals surface area contributed by atoms with E-state index in [9.17, 15) is 18.3 Å². The first-order chi connectivity index (χ1) is 17.0. The maximum atomic E-state index is 13.7. The first kappa shape index (κ1) is 27.3. The third kappa shape index (κ3) is 6.47. The van der Waals surface area contributed by atoms with Crippen LogP contribution < -0.4 is 14.9 Å². The number of allylic oxidation sites excluding steroid dienone is 3. The normalized spacial score (nSPS) is 15.7. The van der Waals surface area contributed by atoms with Gasteiger partial charge in [0, 0.05) is 18.9 Å². The minimum Gasteiger partial charge on any atom is -0.493 e. The van der Waals surface area contributed by atoms with Gasteiger partial charge in [-0.05, 0) is 62.2 Å². The Morgan fingerprint density at radius 3 is 2.58 bits per heavy atom. The van der Waals surface area contributed by atoms with Crippen molar-refractivity contribution in [2.45, 2.75) is 51.0 Å². The lowest BCUT2D eigenvalue weighted by molar-refractivity contribution is -0.137. The van der Waals surface area contributed by atoms with Crippen LogP contribution in [0.5, 0.6) is 5.75 Å². The molecule has 36 heavy (non-hydrogen) atoms. The summed E-state index contributed by atoms with van der Waals surface area (Å²) in [6, 6.07) is 10.3. The molecule has 0 saturated heterocycles. The van der Waals surface area contributed by atoms with Crippen LogP contribution in [0.2, 0.25) is 5.02 Å². The van der Waals surface area contributed by atoms with Gasteiger partial charge in [-0.3, -0.25) is 9.10 Å². The first-order valence-corrected chi connectivity index (χ1v) is 13.2. The van der Waals surface area contributed by atoms with Crippen LogP contribution in [0.15, 0.2) is 75.8 Å². The fraction of sp³-hybridized carbons (Fsp3) is 0.308. The van der Waals surface area contributed by atoms with Gasteiger partial charge in [0.25, 0.3) is 10.0 Å². The highest BCUT2D eigenvalue weighted by molar-refractivity contribution is 7.93. The molecule has 0 amide bonds. The lowest BCUT2D eigenvalue weighted by Gasteiger charge is -2.30. The van der Waals surface area contributed by atoms with Crippen LogP contribution in [0.1, 0.15) is 38.7 Å². The molecule has 0 aliphatic heterocycles. The van der Waals surface area contributed by atoms with E-state index in [1.165, 1.54) is 12.1 Å². The van der Waals surface area contributed by atoms with Gasteiger partial charge in [-0.15, -0.1) is 0 Å². The smallest absolute Gasteiger partial charge is 0.305 e. The van der Waals surface area contributed by atoms with E-state index in [1.54, 1.807) is 31.2 Å². The lowest BCUT2D eigenvalue weighted by atomic mass is 9.96. The number of benzene rings is 2. The molecular formula is C26H30ClN3O5S. The lowest BCUT2D eigenvalue weighted by Crippen LogP contribution is -2.40. The van der Waals surface area contributed by atoms with E-state index < -0.39 is 22.0 Å². The third-order valence-electron chi connectivity index (χ3n) is 5.81. The van der Waals surface area contributed by atoms with Crippen LogP contribution in [0, 0.1) is 6.92 Å². The van der Waals surface area contributed by atoms with Gasteiger partial charge in [0.15, 0.2) is 0 Å². The summed E-state index contributed by atoms with van der Waals surface area (Å²) in [6.07, 6.45) is 4.81. The molecule has 8 nitrogen and oxygen atoms in total. The topological polar surface area (TPSA) is 122 Å². The van der Waals surface area contributed by atoms with E-state index in [0.29, 0.717) is 30.9 Å². The van der Waals surface area contributed by atoms with Crippen molar-refractivity contribution >= 4 is 39.0 Å². The summed E-state index contributed by atoms with van der Waals surface area (Å²) < 4.78 is 34.5. The second-order valence-electron chi connectivity index (χ2n) is 8.72. The van der Waals surface area contributed by atoms with Crippen molar-refractivity contribution in [1.82, 2.24) is 0 Å². The van der Waals surface area contributed by atoms with Crippen LogP contribution in [-0.4, -0.2) is 37.9 Å². The van der Waals surface area contributed by atoms with Crippen molar-refractivity contribution in [3.05, 3.63) is 76.3 Å². The number of halogens is 1. The second kappa shape index (κ2) is 11.6. The molecule has 0 bridgehead atoms. The Hall–Kier alpha value is -3.30. The molecule has 1 unspecified atom stereocenters. The Bertz CT molecular complexity index is 1330.